The van der Waals surface area contributed by atoms with Gasteiger partial charge >= 0.3 is 11.8 Å². The van der Waals surface area contributed by atoms with E-state index in [1.54, 1.807) is 48.5 Å². The lowest BCUT2D eigenvalue weighted by Crippen LogP contribution is -2.38. The maximum Gasteiger partial charge on any atom is 0.329 e. The Kier molecular flexibility index (Phi) is 9.19. The second-order valence-electron chi connectivity index (χ2n) is 7.08. The number of para-hydroxylation sites is 1. The van der Waals surface area contributed by atoms with Crippen LogP contribution in [-0.4, -0.2) is 37.1 Å². The Hall–Kier alpha value is -4.17. The van der Waals surface area contributed by atoms with Gasteiger partial charge in [-0.25, -0.2) is 5.43 Å². The number of halogens is 1. The number of amides is 3. The number of nitrogens with one attached hydrogen (secondary N) is 3. The number of nitrogens with zero attached hydrogens (tertiary/aromatic N) is 1. The molecule has 0 saturated heterocycles. The first-order valence-corrected chi connectivity index (χ1v) is 10.8. The first-order chi connectivity index (χ1) is 16.5. The minimum absolute atomic E-state index is 0.217. The Bertz CT molecular complexity index is 1170. The molecule has 0 radical (unpaired) electrons. The highest BCUT2D eigenvalue weighted by Crippen LogP contribution is 2.20. The van der Waals surface area contributed by atoms with E-state index in [4.69, 9.17) is 16.3 Å². The van der Waals surface area contributed by atoms with Crippen LogP contribution in [0, 0.1) is 0 Å². The Morgan fingerprint density at radius 2 is 1.68 bits per heavy atom. The summed E-state index contributed by atoms with van der Waals surface area (Å²) in [7, 11) is 0. The minimum Gasteiger partial charge on any atom is -0.484 e. The van der Waals surface area contributed by atoms with Gasteiger partial charge in [0.1, 0.15) is 5.75 Å². The smallest absolute Gasteiger partial charge is 0.329 e. The van der Waals surface area contributed by atoms with Gasteiger partial charge in [-0.1, -0.05) is 66.2 Å². The topological polar surface area (TPSA) is 109 Å². The molecule has 9 heteroatoms. The van der Waals surface area contributed by atoms with Gasteiger partial charge in [0.25, 0.3) is 5.91 Å². The van der Waals surface area contributed by atoms with E-state index in [0.29, 0.717) is 35.0 Å². The molecule has 0 saturated carbocycles. The lowest BCUT2D eigenvalue weighted by atomic mass is 10.1. The number of ether oxygens (including phenoxy) is 1. The summed E-state index contributed by atoms with van der Waals surface area (Å²) in [4.78, 5) is 35.8. The van der Waals surface area contributed by atoms with Crippen molar-refractivity contribution in [3.63, 3.8) is 0 Å². The maximum absolute atomic E-state index is 12.1. The van der Waals surface area contributed by atoms with Gasteiger partial charge in [0.05, 0.1) is 16.9 Å². The van der Waals surface area contributed by atoms with Crippen molar-refractivity contribution in [1.82, 2.24) is 10.7 Å². The molecule has 0 aromatic heterocycles. The number of hydrogen-bond donors (Lipinski definition) is 3. The monoisotopic (exact) mass is 478 g/mol. The van der Waals surface area contributed by atoms with Crippen molar-refractivity contribution in [1.29, 1.82) is 0 Å². The van der Waals surface area contributed by atoms with E-state index in [1.807, 2.05) is 30.3 Å². The molecule has 0 atom stereocenters. The fourth-order valence-corrected chi connectivity index (χ4v) is 3.03. The van der Waals surface area contributed by atoms with Crippen molar-refractivity contribution >= 4 is 41.2 Å². The van der Waals surface area contributed by atoms with Crippen LogP contribution in [-0.2, 0) is 20.8 Å². The molecular weight excluding hydrogens is 456 g/mol. The molecule has 3 aromatic carbocycles. The zero-order valence-electron chi connectivity index (χ0n) is 18.2. The van der Waals surface area contributed by atoms with Crippen LogP contribution in [0.2, 0.25) is 5.02 Å². The van der Waals surface area contributed by atoms with Crippen molar-refractivity contribution in [2.24, 2.45) is 5.10 Å². The molecule has 0 aliphatic rings. The number of carbonyl (C=O) groups excluding carboxylic acids is 3. The fraction of sp³-hybridized carbons (Fsp3) is 0.120. The molecule has 0 aliphatic carbocycles. The zero-order chi connectivity index (χ0) is 24.2. The largest absolute Gasteiger partial charge is 0.484 e. The van der Waals surface area contributed by atoms with E-state index >= 15 is 0 Å². The quantitative estimate of drug-likeness (QED) is 0.249. The van der Waals surface area contributed by atoms with Crippen molar-refractivity contribution in [2.45, 2.75) is 6.42 Å². The number of hydrogen-bond acceptors (Lipinski definition) is 5. The Morgan fingerprint density at radius 1 is 0.912 bits per heavy atom. The van der Waals surface area contributed by atoms with Crippen LogP contribution >= 0.6 is 11.6 Å². The van der Waals surface area contributed by atoms with Crippen LogP contribution < -0.4 is 20.8 Å². The van der Waals surface area contributed by atoms with E-state index in [9.17, 15) is 14.4 Å². The summed E-state index contributed by atoms with van der Waals surface area (Å²) in [6, 6.07) is 23.3. The molecule has 0 unspecified atom stereocenters. The molecule has 34 heavy (non-hydrogen) atoms. The van der Waals surface area contributed by atoms with Gasteiger partial charge < -0.3 is 15.4 Å². The maximum atomic E-state index is 12.1. The molecule has 0 heterocycles. The van der Waals surface area contributed by atoms with Crippen LogP contribution in [0.3, 0.4) is 0 Å². The standard InChI is InChI=1S/C25H23ClN4O4/c26-21-11-4-5-12-22(21)29-23(31)17-34-20-10-6-9-19(15-20)16-28-30-25(33)24(32)27-14-13-18-7-2-1-3-8-18/h1-12,15-16H,13-14,17H2,(H,27,32)(H,29,31)(H,30,33)/b28-16-. The molecule has 3 rings (SSSR count). The average Bonchev–Trinajstić information content (AvgIpc) is 2.85. The molecule has 0 spiro atoms. The van der Waals surface area contributed by atoms with Crippen LogP contribution in [0.4, 0.5) is 5.69 Å². The van der Waals surface area contributed by atoms with Crippen molar-refractivity contribution in [2.75, 3.05) is 18.5 Å². The predicted octanol–water partition coefficient (Wildman–Crippen LogP) is 3.17. The van der Waals surface area contributed by atoms with Gasteiger partial charge in [-0.3, -0.25) is 14.4 Å². The number of hydrazone groups is 1. The van der Waals surface area contributed by atoms with Gasteiger partial charge in [-0.2, -0.15) is 5.10 Å². The van der Waals surface area contributed by atoms with Crippen LogP contribution in [0.25, 0.3) is 0 Å². The molecule has 3 amide bonds. The Morgan fingerprint density at radius 3 is 2.47 bits per heavy atom. The average molecular weight is 479 g/mol. The first kappa shape index (κ1) is 24.5. The summed E-state index contributed by atoms with van der Waals surface area (Å²) >= 11 is 6.02. The molecule has 3 aromatic rings. The lowest BCUT2D eigenvalue weighted by Gasteiger charge is -2.09. The molecule has 8 nitrogen and oxygen atoms in total. The summed E-state index contributed by atoms with van der Waals surface area (Å²) in [6.07, 6.45) is 1.98. The highest BCUT2D eigenvalue weighted by Gasteiger charge is 2.11. The van der Waals surface area contributed by atoms with E-state index in [-0.39, 0.29) is 12.5 Å². The predicted molar refractivity (Wildman–Crippen MR) is 131 cm³/mol. The second-order valence-corrected chi connectivity index (χ2v) is 7.49. The van der Waals surface area contributed by atoms with Crippen molar-refractivity contribution in [3.8, 4) is 5.75 Å². The summed E-state index contributed by atoms with van der Waals surface area (Å²) in [6.45, 7) is 0.120. The fourth-order valence-electron chi connectivity index (χ4n) is 2.84. The molecule has 0 fully saturated rings. The third-order valence-corrected chi connectivity index (χ3v) is 4.83. The van der Waals surface area contributed by atoms with Gasteiger partial charge in [0, 0.05) is 6.54 Å². The molecule has 0 aliphatic heterocycles. The van der Waals surface area contributed by atoms with Gasteiger partial charge in [-0.15, -0.1) is 0 Å². The zero-order valence-corrected chi connectivity index (χ0v) is 18.9. The third kappa shape index (κ3) is 8.07. The third-order valence-electron chi connectivity index (χ3n) is 4.50. The second kappa shape index (κ2) is 12.8. The summed E-state index contributed by atoms with van der Waals surface area (Å²) in [5.74, 6) is -1.57. The number of carbonyl (C=O) groups is 3. The van der Waals surface area contributed by atoms with E-state index in [1.165, 1.54) is 6.21 Å². The van der Waals surface area contributed by atoms with Crippen LogP contribution in [0.5, 0.6) is 5.75 Å². The lowest BCUT2D eigenvalue weighted by molar-refractivity contribution is -0.139. The summed E-state index contributed by atoms with van der Waals surface area (Å²) in [5, 5.41) is 9.44. The highest BCUT2D eigenvalue weighted by molar-refractivity contribution is 6.35. The SMILES string of the molecule is O=C(COc1cccc(/C=N\NC(=O)C(=O)NCCc2ccccc2)c1)Nc1ccccc1Cl. The van der Waals surface area contributed by atoms with Gasteiger partial charge in [-0.05, 0) is 41.8 Å². The Labute approximate surface area is 202 Å². The van der Waals surface area contributed by atoms with Gasteiger partial charge in [0.15, 0.2) is 6.61 Å². The van der Waals surface area contributed by atoms with E-state index < -0.39 is 11.8 Å². The minimum atomic E-state index is -0.868. The molecule has 0 bridgehead atoms. The Balaban J connectivity index is 1.41. The van der Waals surface area contributed by atoms with Gasteiger partial charge in [0.2, 0.25) is 0 Å². The summed E-state index contributed by atoms with van der Waals surface area (Å²) < 4.78 is 5.50. The number of benzene rings is 3. The summed E-state index contributed by atoms with van der Waals surface area (Å²) in [5.41, 5.74) is 4.35. The van der Waals surface area contributed by atoms with Crippen LogP contribution in [0.15, 0.2) is 84.0 Å². The van der Waals surface area contributed by atoms with E-state index in [0.717, 1.165) is 5.56 Å². The number of anilines is 1. The molecular formula is C25H23ClN4O4. The first-order valence-electron chi connectivity index (χ1n) is 10.4. The van der Waals surface area contributed by atoms with Crippen LogP contribution in [0.1, 0.15) is 11.1 Å². The normalized spacial score (nSPS) is 10.5. The van der Waals surface area contributed by atoms with Crippen molar-refractivity contribution in [3.05, 3.63) is 95.0 Å². The van der Waals surface area contributed by atoms with Crippen molar-refractivity contribution < 1.29 is 19.1 Å². The highest BCUT2D eigenvalue weighted by atomic mass is 35.5. The molecule has 3 N–H and O–H groups in total. The number of rotatable bonds is 9. The van der Waals surface area contributed by atoms with E-state index in [2.05, 4.69) is 21.2 Å². The molecule has 174 valence electrons.